The molecule has 0 unspecified atom stereocenters. The van der Waals surface area contributed by atoms with Gasteiger partial charge >= 0.3 is 5.97 Å². The van der Waals surface area contributed by atoms with Crippen LogP contribution in [0.4, 0.5) is 0 Å². The third-order valence-corrected chi connectivity index (χ3v) is 4.78. The maximum atomic E-state index is 12.5. The number of hydrogen-bond donors (Lipinski definition) is 1. The first kappa shape index (κ1) is 14.9. The summed E-state index contributed by atoms with van der Waals surface area (Å²) in [5, 5.41) is 10.5. The third kappa shape index (κ3) is 1.99. The maximum Gasteiger partial charge on any atom is 0.340 e. The molecule has 0 bridgehead atoms. The Bertz CT molecular complexity index is 654. The van der Waals surface area contributed by atoms with Gasteiger partial charge in [-0.15, -0.1) is 0 Å². The molecule has 3 aliphatic rings. The third-order valence-electron chi connectivity index (χ3n) is 4.78. The summed E-state index contributed by atoms with van der Waals surface area (Å²) in [6.07, 6.45) is 5.12. The van der Waals surface area contributed by atoms with Crippen LogP contribution in [0.1, 0.15) is 32.6 Å². The van der Waals surface area contributed by atoms with Crippen LogP contribution >= 0.6 is 0 Å². The van der Waals surface area contributed by atoms with E-state index < -0.39 is 11.4 Å². The van der Waals surface area contributed by atoms with Crippen LogP contribution in [-0.4, -0.2) is 42.5 Å². The monoisotopic (exact) mass is 303 g/mol. The van der Waals surface area contributed by atoms with Gasteiger partial charge in [-0.2, -0.15) is 0 Å². The fraction of sp³-hybridized carbons (Fsp3) is 0.529. The second kappa shape index (κ2) is 5.00. The number of fused-ring (bicyclic) bond motifs is 2. The summed E-state index contributed by atoms with van der Waals surface area (Å²) in [4.78, 5) is 26.4. The normalized spacial score (nSPS) is 30.2. The van der Waals surface area contributed by atoms with Gasteiger partial charge < -0.3 is 14.7 Å². The van der Waals surface area contributed by atoms with Crippen LogP contribution in [0.5, 0.6) is 0 Å². The number of esters is 1. The number of aliphatic hydroxyl groups is 1. The number of hydrogen-bond acceptors (Lipinski definition) is 5. The first-order valence-corrected chi connectivity index (χ1v) is 7.63. The summed E-state index contributed by atoms with van der Waals surface area (Å²) < 4.78 is 5.37. The molecule has 1 heterocycles. The molecule has 0 aromatic rings. The largest absolute Gasteiger partial charge is 0.504 e. The lowest BCUT2D eigenvalue weighted by atomic mass is 9.63. The number of carbonyl (C=O) groups is 2. The Labute approximate surface area is 129 Å². The average molecular weight is 303 g/mol. The molecule has 0 amide bonds. The summed E-state index contributed by atoms with van der Waals surface area (Å²) in [6.45, 7) is 2.14. The van der Waals surface area contributed by atoms with Crippen molar-refractivity contribution >= 4 is 11.8 Å². The minimum Gasteiger partial charge on any atom is -0.504 e. The Morgan fingerprint density at radius 1 is 1.23 bits per heavy atom. The first-order chi connectivity index (χ1) is 10.4. The lowest BCUT2D eigenvalue weighted by molar-refractivity contribution is -0.143. The van der Waals surface area contributed by atoms with Gasteiger partial charge in [0.25, 0.3) is 0 Å². The number of rotatable bonds is 1. The second-order valence-corrected chi connectivity index (χ2v) is 6.63. The zero-order valence-electron chi connectivity index (χ0n) is 13.2. The number of cyclic esters (lactones) is 1. The van der Waals surface area contributed by atoms with Crippen LogP contribution in [0.15, 0.2) is 34.3 Å². The van der Waals surface area contributed by atoms with Gasteiger partial charge in [-0.05, 0) is 38.2 Å². The average Bonchev–Trinajstić information content (AvgIpc) is 2.48. The summed E-state index contributed by atoms with van der Waals surface area (Å²) >= 11 is 0. The Morgan fingerprint density at radius 3 is 2.59 bits per heavy atom. The smallest absolute Gasteiger partial charge is 0.340 e. The molecule has 3 rings (SSSR count). The molecule has 1 aliphatic heterocycles. The summed E-state index contributed by atoms with van der Waals surface area (Å²) in [7, 11) is 3.58. The zero-order valence-corrected chi connectivity index (χ0v) is 13.2. The summed E-state index contributed by atoms with van der Waals surface area (Å²) in [5.41, 5.74) is 1.87. The molecular weight excluding hydrogens is 282 g/mol. The highest BCUT2D eigenvalue weighted by Gasteiger charge is 2.50. The maximum absolute atomic E-state index is 12.5. The molecule has 0 radical (unpaired) electrons. The minimum absolute atomic E-state index is 0.183. The van der Waals surface area contributed by atoms with Crippen LogP contribution in [0.25, 0.3) is 0 Å². The van der Waals surface area contributed by atoms with Crippen molar-refractivity contribution in [3.8, 4) is 0 Å². The predicted molar refractivity (Wildman–Crippen MR) is 81.0 cm³/mol. The van der Waals surface area contributed by atoms with Gasteiger partial charge in [-0.1, -0.05) is 0 Å². The van der Waals surface area contributed by atoms with Gasteiger partial charge in [0.15, 0.2) is 5.76 Å². The molecule has 0 aromatic carbocycles. The van der Waals surface area contributed by atoms with Crippen molar-refractivity contribution in [2.45, 2.75) is 32.6 Å². The number of ether oxygens (including phenoxy) is 1. The second-order valence-electron chi connectivity index (χ2n) is 6.63. The number of carbonyl (C=O) groups excluding carboxylic acids is 2. The van der Waals surface area contributed by atoms with Gasteiger partial charge in [-0.3, -0.25) is 4.79 Å². The van der Waals surface area contributed by atoms with E-state index in [1.807, 2.05) is 6.92 Å². The Balaban J connectivity index is 2.22. The summed E-state index contributed by atoms with van der Waals surface area (Å²) in [6, 6.07) is 0. The van der Waals surface area contributed by atoms with Crippen LogP contribution < -0.4 is 0 Å². The number of ketones is 1. The molecule has 5 heteroatoms. The lowest BCUT2D eigenvalue weighted by Gasteiger charge is -2.44. The van der Waals surface area contributed by atoms with Crippen molar-refractivity contribution < 1.29 is 19.4 Å². The fourth-order valence-corrected chi connectivity index (χ4v) is 3.78. The highest BCUT2D eigenvalue weighted by atomic mass is 16.5. The van der Waals surface area contributed by atoms with E-state index in [0.29, 0.717) is 12.0 Å². The SMILES string of the molecule is CN(C)/C=C1/C(=O)OC[C@]2(C)C3=C(CCCC3)C(=O)C(O)=C12. The highest BCUT2D eigenvalue weighted by molar-refractivity contribution is 6.12. The summed E-state index contributed by atoms with van der Waals surface area (Å²) in [5.74, 6) is -1.09. The van der Waals surface area contributed by atoms with Gasteiger partial charge in [-0.25, -0.2) is 4.79 Å². The molecule has 1 fully saturated rings. The number of nitrogens with zero attached hydrogens (tertiary/aromatic N) is 1. The van der Waals surface area contributed by atoms with Crippen molar-refractivity contribution in [1.82, 2.24) is 4.90 Å². The molecule has 22 heavy (non-hydrogen) atoms. The first-order valence-electron chi connectivity index (χ1n) is 7.63. The molecule has 0 aromatic heterocycles. The highest BCUT2D eigenvalue weighted by Crippen LogP contribution is 2.52. The van der Waals surface area contributed by atoms with Crippen molar-refractivity contribution in [3.63, 3.8) is 0 Å². The zero-order chi connectivity index (χ0) is 16.1. The van der Waals surface area contributed by atoms with Crippen molar-refractivity contribution in [2.75, 3.05) is 20.7 Å². The molecular formula is C17H21NO4. The Kier molecular flexibility index (Phi) is 3.38. The van der Waals surface area contributed by atoms with Crippen LogP contribution in [0, 0.1) is 5.41 Å². The number of aliphatic hydroxyl groups excluding tert-OH is 1. The van der Waals surface area contributed by atoms with E-state index in [4.69, 9.17) is 4.74 Å². The topological polar surface area (TPSA) is 66.8 Å². The van der Waals surface area contributed by atoms with E-state index in [1.54, 1.807) is 25.2 Å². The molecule has 1 N–H and O–H groups in total. The Morgan fingerprint density at radius 2 is 1.91 bits per heavy atom. The minimum atomic E-state index is -0.594. The van der Waals surface area contributed by atoms with E-state index in [2.05, 4.69) is 0 Å². The number of allylic oxidation sites excluding steroid dienone is 1. The van der Waals surface area contributed by atoms with Gasteiger partial charge in [0, 0.05) is 31.4 Å². The van der Waals surface area contributed by atoms with Crippen molar-refractivity contribution in [2.24, 2.45) is 5.41 Å². The van der Waals surface area contributed by atoms with E-state index in [-0.39, 0.29) is 23.7 Å². The molecule has 1 saturated heterocycles. The molecule has 5 nitrogen and oxygen atoms in total. The molecule has 0 saturated carbocycles. The standard InChI is InChI=1S/C17H21NO4/c1-17-9-22-16(21)11(8-18(2)3)13(17)15(20)14(19)10-6-4-5-7-12(10)17/h8,20H,4-7,9H2,1-3H3/b11-8+/t17-/m1/s1. The quantitative estimate of drug-likeness (QED) is 0.594. The molecule has 0 spiro atoms. The predicted octanol–water partition coefficient (Wildman–Crippen LogP) is 2.26. The van der Waals surface area contributed by atoms with Crippen molar-refractivity contribution in [3.05, 3.63) is 34.3 Å². The van der Waals surface area contributed by atoms with Gasteiger partial charge in [0.1, 0.15) is 6.61 Å². The lowest BCUT2D eigenvalue weighted by Crippen LogP contribution is -2.43. The van der Waals surface area contributed by atoms with Crippen LogP contribution in [0.3, 0.4) is 0 Å². The molecule has 118 valence electrons. The Hall–Kier alpha value is -2.04. The van der Waals surface area contributed by atoms with Gasteiger partial charge in [0.05, 0.1) is 11.0 Å². The number of Topliss-reactive ketones (excluding diaryl/α,β-unsaturated/α-hetero) is 1. The molecule has 1 atom stereocenters. The van der Waals surface area contributed by atoms with E-state index >= 15 is 0 Å². The van der Waals surface area contributed by atoms with Crippen molar-refractivity contribution in [1.29, 1.82) is 0 Å². The van der Waals surface area contributed by atoms with Crippen LogP contribution in [-0.2, 0) is 14.3 Å². The molecule has 2 aliphatic carbocycles. The fourth-order valence-electron chi connectivity index (χ4n) is 3.78. The van der Waals surface area contributed by atoms with Gasteiger partial charge in [0.2, 0.25) is 5.78 Å². The van der Waals surface area contributed by atoms with E-state index in [1.165, 1.54) is 0 Å². The van der Waals surface area contributed by atoms with Crippen LogP contribution in [0.2, 0.25) is 0 Å². The van der Waals surface area contributed by atoms with E-state index in [9.17, 15) is 14.7 Å². The van der Waals surface area contributed by atoms with E-state index in [0.717, 1.165) is 30.4 Å².